The summed E-state index contributed by atoms with van der Waals surface area (Å²) in [6.45, 7) is 4.29. The smallest absolute Gasteiger partial charge is 0.336 e. The standard InChI is InChI=1S/C17H18O3S/c1-11(2)12-4-7-14(8-5-12)21-16-10-13(20-3)6-9-15(16)17(18)19/h4-11H,1-3H3,(H,18,19). The molecule has 0 bridgehead atoms. The van der Waals surface area contributed by atoms with Crippen molar-refractivity contribution in [3.05, 3.63) is 53.6 Å². The van der Waals surface area contributed by atoms with E-state index in [2.05, 4.69) is 26.0 Å². The Morgan fingerprint density at radius 1 is 1.14 bits per heavy atom. The molecule has 1 N–H and O–H groups in total. The lowest BCUT2D eigenvalue weighted by Crippen LogP contribution is -1.99. The van der Waals surface area contributed by atoms with Gasteiger partial charge in [0.1, 0.15) is 5.75 Å². The highest BCUT2D eigenvalue weighted by atomic mass is 32.2. The monoisotopic (exact) mass is 302 g/mol. The highest BCUT2D eigenvalue weighted by Gasteiger charge is 2.12. The molecule has 110 valence electrons. The third-order valence-corrected chi connectivity index (χ3v) is 4.26. The molecule has 0 amide bonds. The summed E-state index contributed by atoms with van der Waals surface area (Å²) in [6, 6.07) is 13.2. The molecule has 0 unspecified atom stereocenters. The largest absolute Gasteiger partial charge is 0.497 e. The fraction of sp³-hybridized carbons (Fsp3) is 0.235. The van der Waals surface area contributed by atoms with Gasteiger partial charge in [-0.2, -0.15) is 0 Å². The third kappa shape index (κ3) is 3.79. The molecule has 0 heterocycles. The second-order valence-corrected chi connectivity index (χ2v) is 6.11. The first-order valence-corrected chi connectivity index (χ1v) is 7.52. The van der Waals surface area contributed by atoms with Crippen LogP contribution in [0.2, 0.25) is 0 Å². The summed E-state index contributed by atoms with van der Waals surface area (Å²) < 4.78 is 5.17. The minimum atomic E-state index is -0.932. The maximum Gasteiger partial charge on any atom is 0.336 e. The molecule has 0 atom stereocenters. The number of hydrogen-bond donors (Lipinski definition) is 1. The van der Waals surface area contributed by atoms with Gasteiger partial charge in [-0.25, -0.2) is 4.79 Å². The summed E-state index contributed by atoms with van der Waals surface area (Å²) in [6.07, 6.45) is 0. The molecule has 0 spiro atoms. The number of methoxy groups -OCH3 is 1. The molecule has 21 heavy (non-hydrogen) atoms. The van der Waals surface area contributed by atoms with E-state index in [0.29, 0.717) is 16.6 Å². The van der Waals surface area contributed by atoms with Crippen molar-refractivity contribution in [2.45, 2.75) is 29.6 Å². The summed E-state index contributed by atoms with van der Waals surface area (Å²) in [7, 11) is 1.57. The van der Waals surface area contributed by atoms with Gasteiger partial charge in [0, 0.05) is 9.79 Å². The Balaban J connectivity index is 2.31. The number of ether oxygens (including phenoxy) is 1. The van der Waals surface area contributed by atoms with E-state index in [4.69, 9.17) is 4.74 Å². The zero-order chi connectivity index (χ0) is 15.4. The lowest BCUT2D eigenvalue weighted by molar-refractivity contribution is 0.0693. The molecular formula is C17H18O3S. The SMILES string of the molecule is COc1ccc(C(=O)O)c(Sc2ccc(C(C)C)cc2)c1. The highest BCUT2D eigenvalue weighted by Crippen LogP contribution is 2.33. The van der Waals surface area contributed by atoms with Gasteiger partial charge in [-0.05, 0) is 41.8 Å². The molecule has 0 aliphatic rings. The van der Waals surface area contributed by atoms with Gasteiger partial charge in [-0.3, -0.25) is 0 Å². The molecular weight excluding hydrogens is 284 g/mol. The molecule has 0 radical (unpaired) electrons. The fourth-order valence-electron chi connectivity index (χ4n) is 1.94. The Hall–Kier alpha value is -1.94. The van der Waals surface area contributed by atoms with Crippen molar-refractivity contribution in [3.63, 3.8) is 0 Å². The Labute approximate surface area is 129 Å². The van der Waals surface area contributed by atoms with E-state index in [9.17, 15) is 9.90 Å². The predicted octanol–water partition coefficient (Wildman–Crippen LogP) is 4.67. The molecule has 2 aromatic rings. The van der Waals surface area contributed by atoms with Crippen molar-refractivity contribution in [1.82, 2.24) is 0 Å². The molecule has 0 saturated carbocycles. The van der Waals surface area contributed by atoms with Gasteiger partial charge < -0.3 is 9.84 Å². The fourth-order valence-corrected chi connectivity index (χ4v) is 2.90. The van der Waals surface area contributed by atoms with E-state index >= 15 is 0 Å². The first-order chi connectivity index (χ1) is 10.0. The first-order valence-electron chi connectivity index (χ1n) is 6.70. The number of benzene rings is 2. The topological polar surface area (TPSA) is 46.5 Å². The summed E-state index contributed by atoms with van der Waals surface area (Å²) >= 11 is 1.43. The van der Waals surface area contributed by atoms with Gasteiger partial charge in [-0.1, -0.05) is 37.7 Å². The van der Waals surface area contributed by atoms with Crippen LogP contribution in [0, 0.1) is 0 Å². The normalized spacial score (nSPS) is 10.7. The number of hydrogen-bond acceptors (Lipinski definition) is 3. The van der Waals surface area contributed by atoms with Crippen molar-refractivity contribution < 1.29 is 14.6 Å². The van der Waals surface area contributed by atoms with Crippen LogP contribution < -0.4 is 4.74 Å². The van der Waals surface area contributed by atoms with E-state index in [0.717, 1.165) is 4.90 Å². The number of carboxylic acids is 1. The summed E-state index contributed by atoms with van der Waals surface area (Å²) in [5.41, 5.74) is 1.55. The zero-order valence-electron chi connectivity index (χ0n) is 12.3. The number of aromatic carboxylic acids is 1. The highest BCUT2D eigenvalue weighted by molar-refractivity contribution is 7.99. The lowest BCUT2D eigenvalue weighted by atomic mass is 10.0. The second kappa shape index (κ2) is 6.68. The van der Waals surface area contributed by atoms with E-state index in [1.807, 2.05) is 12.1 Å². The van der Waals surface area contributed by atoms with E-state index in [-0.39, 0.29) is 5.56 Å². The maximum atomic E-state index is 11.3. The minimum Gasteiger partial charge on any atom is -0.497 e. The van der Waals surface area contributed by atoms with Crippen LogP contribution in [0.15, 0.2) is 52.3 Å². The van der Waals surface area contributed by atoms with Crippen LogP contribution in [0.5, 0.6) is 5.75 Å². The van der Waals surface area contributed by atoms with Crippen LogP contribution in [-0.4, -0.2) is 18.2 Å². The number of carboxylic acid groups (broad SMARTS) is 1. The summed E-state index contributed by atoms with van der Waals surface area (Å²) in [5.74, 6) is 0.204. The third-order valence-electron chi connectivity index (χ3n) is 3.19. The van der Waals surface area contributed by atoms with Crippen molar-refractivity contribution in [1.29, 1.82) is 0 Å². The van der Waals surface area contributed by atoms with Crippen LogP contribution in [0.25, 0.3) is 0 Å². The van der Waals surface area contributed by atoms with Crippen LogP contribution in [0.1, 0.15) is 35.7 Å². The van der Waals surface area contributed by atoms with E-state index in [1.54, 1.807) is 25.3 Å². The van der Waals surface area contributed by atoms with Crippen LogP contribution in [0.3, 0.4) is 0 Å². The molecule has 4 heteroatoms. The van der Waals surface area contributed by atoms with Gasteiger partial charge in [0.15, 0.2) is 0 Å². The average Bonchev–Trinajstić information content (AvgIpc) is 2.47. The van der Waals surface area contributed by atoms with Crippen molar-refractivity contribution in [2.75, 3.05) is 7.11 Å². The van der Waals surface area contributed by atoms with Crippen molar-refractivity contribution in [2.24, 2.45) is 0 Å². The summed E-state index contributed by atoms with van der Waals surface area (Å²) in [4.78, 5) is 13.0. The second-order valence-electron chi connectivity index (χ2n) is 4.99. The van der Waals surface area contributed by atoms with Gasteiger partial charge >= 0.3 is 5.97 Å². The van der Waals surface area contributed by atoms with Crippen molar-refractivity contribution in [3.8, 4) is 5.75 Å². The van der Waals surface area contributed by atoms with E-state index in [1.165, 1.54) is 17.3 Å². The maximum absolute atomic E-state index is 11.3. The van der Waals surface area contributed by atoms with Gasteiger partial charge in [0.05, 0.1) is 12.7 Å². The Kier molecular flexibility index (Phi) is 4.91. The van der Waals surface area contributed by atoms with E-state index < -0.39 is 5.97 Å². The van der Waals surface area contributed by atoms with Gasteiger partial charge in [0.2, 0.25) is 0 Å². The van der Waals surface area contributed by atoms with Crippen LogP contribution in [0.4, 0.5) is 0 Å². The molecule has 0 aliphatic carbocycles. The van der Waals surface area contributed by atoms with Crippen molar-refractivity contribution >= 4 is 17.7 Å². The molecule has 0 saturated heterocycles. The molecule has 3 nitrogen and oxygen atoms in total. The van der Waals surface area contributed by atoms with Gasteiger partial charge in [0.25, 0.3) is 0 Å². The number of carbonyl (C=O) groups is 1. The molecule has 0 aromatic heterocycles. The Morgan fingerprint density at radius 2 is 1.81 bits per heavy atom. The summed E-state index contributed by atoms with van der Waals surface area (Å²) in [5, 5.41) is 9.27. The molecule has 2 rings (SSSR count). The number of rotatable bonds is 5. The molecule has 0 aliphatic heterocycles. The predicted molar refractivity (Wildman–Crippen MR) is 84.6 cm³/mol. The Bertz CT molecular complexity index is 633. The molecule has 0 fully saturated rings. The van der Waals surface area contributed by atoms with Crippen LogP contribution >= 0.6 is 11.8 Å². The minimum absolute atomic E-state index is 0.286. The van der Waals surface area contributed by atoms with Crippen LogP contribution in [-0.2, 0) is 0 Å². The zero-order valence-corrected chi connectivity index (χ0v) is 13.1. The quantitative estimate of drug-likeness (QED) is 0.872. The first kappa shape index (κ1) is 15.4. The molecule has 2 aromatic carbocycles. The van der Waals surface area contributed by atoms with Gasteiger partial charge in [-0.15, -0.1) is 0 Å². The Morgan fingerprint density at radius 3 is 2.33 bits per heavy atom. The lowest BCUT2D eigenvalue weighted by Gasteiger charge is -2.10. The average molecular weight is 302 g/mol.